The molecule has 0 saturated heterocycles. The maximum absolute atomic E-state index is 5.28. The number of fused-ring (bicyclic) bond motifs is 1. The molecule has 3 aromatic rings. The molecular formula is C15H16N4O2. The molecule has 6 nitrogen and oxygen atoms in total. The van der Waals surface area contributed by atoms with Crippen LogP contribution in [0.5, 0.6) is 0 Å². The second-order valence-corrected chi connectivity index (χ2v) is 4.47. The number of benzene rings is 1. The number of nitrogens with zero attached hydrogens (tertiary/aromatic N) is 3. The Labute approximate surface area is 122 Å². The van der Waals surface area contributed by atoms with Gasteiger partial charge in [0.05, 0.1) is 5.52 Å². The van der Waals surface area contributed by atoms with E-state index in [1.807, 2.05) is 44.3 Å². The van der Waals surface area contributed by atoms with E-state index in [-0.39, 0.29) is 0 Å². The van der Waals surface area contributed by atoms with Gasteiger partial charge in [-0.25, -0.2) is 4.98 Å². The molecule has 2 heterocycles. The van der Waals surface area contributed by atoms with Crippen LogP contribution in [0.3, 0.4) is 0 Å². The minimum atomic E-state index is 0.325. The van der Waals surface area contributed by atoms with E-state index in [4.69, 9.17) is 9.26 Å². The fourth-order valence-electron chi connectivity index (χ4n) is 2.10. The van der Waals surface area contributed by atoms with Gasteiger partial charge in [0.1, 0.15) is 12.4 Å². The summed E-state index contributed by atoms with van der Waals surface area (Å²) in [6.45, 7) is 2.86. The normalized spacial score (nSPS) is 11.0. The van der Waals surface area contributed by atoms with E-state index in [0.29, 0.717) is 24.9 Å². The molecule has 108 valence electrons. The van der Waals surface area contributed by atoms with Gasteiger partial charge in [-0.1, -0.05) is 23.4 Å². The van der Waals surface area contributed by atoms with Gasteiger partial charge in [-0.2, -0.15) is 4.98 Å². The van der Waals surface area contributed by atoms with Crippen LogP contribution in [0, 0.1) is 0 Å². The lowest BCUT2D eigenvalue weighted by atomic mass is 10.1. The number of aromatic nitrogens is 3. The van der Waals surface area contributed by atoms with Gasteiger partial charge in [0, 0.05) is 24.6 Å². The van der Waals surface area contributed by atoms with Crippen molar-refractivity contribution in [2.75, 3.05) is 19.0 Å². The molecule has 0 amide bonds. The first kappa shape index (κ1) is 13.5. The third kappa shape index (κ3) is 2.71. The SMILES string of the molecule is CCOCc1nc(-c2cc(NC)nc3ccccc23)no1. The van der Waals surface area contributed by atoms with Gasteiger partial charge in [-0.15, -0.1) is 0 Å². The van der Waals surface area contributed by atoms with E-state index >= 15 is 0 Å². The average molecular weight is 284 g/mol. The lowest BCUT2D eigenvalue weighted by Gasteiger charge is -2.06. The Morgan fingerprint density at radius 1 is 1.24 bits per heavy atom. The van der Waals surface area contributed by atoms with Crippen LogP contribution in [0.2, 0.25) is 0 Å². The van der Waals surface area contributed by atoms with Crippen LogP contribution in [0.15, 0.2) is 34.9 Å². The molecule has 0 radical (unpaired) electrons. The first-order valence-electron chi connectivity index (χ1n) is 6.80. The summed E-state index contributed by atoms with van der Waals surface area (Å²) in [5.74, 6) is 1.78. The summed E-state index contributed by atoms with van der Waals surface area (Å²) in [6, 6.07) is 9.79. The highest BCUT2D eigenvalue weighted by Crippen LogP contribution is 2.28. The molecule has 2 aromatic heterocycles. The molecule has 0 atom stereocenters. The second kappa shape index (κ2) is 5.88. The van der Waals surface area contributed by atoms with Crippen LogP contribution < -0.4 is 5.32 Å². The van der Waals surface area contributed by atoms with Crippen molar-refractivity contribution in [3.8, 4) is 11.4 Å². The smallest absolute Gasteiger partial charge is 0.252 e. The first-order chi connectivity index (χ1) is 10.3. The number of ether oxygens (including phenoxy) is 1. The largest absolute Gasteiger partial charge is 0.373 e. The fourth-order valence-corrected chi connectivity index (χ4v) is 2.10. The third-order valence-corrected chi connectivity index (χ3v) is 3.11. The Bertz CT molecular complexity index is 754. The van der Waals surface area contributed by atoms with Crippen LogP contribution in [-0.2, 0) is 11.3 Å². The molecule has 0 spiro atoms. The number of anilines is 1. The Kier molecular flexibility index (Phi) is 3.79. The quantitative estimate of drug-likeness (QED) is 0.776. The van der Waals surface area contributed by atoms with E-state index in [2.05, 4.69) is 20.4 Å². The summed E-state index contributed by atoms with van der Waals surface area (Å²) in [5.41, 5.74) is 1.77. The lowest BCUT2D eigenvalue weighted by Crippen LogP contribution is -1.95. The number of nitrogens with one attached hydrogen (secondary N) is 1. The topological polar surface area (TPSA) is 73.1 Å². The predicted molar refractivity (Wildman–Crippen MR) is 79.9 cm³/mol. The van der Waals surface area contributed by atoms with Gasteiger partial charge < -0.3 is 14.6 Å². The summed E-state index contributed by atoms with van der Waals surface area (Å²) >= 11 is 0. The van der Waals surface area contributed by atoms with Gasteiger partial charge in [0.2, 0.25) is 5.82 Å². The maximum Gasteiger partial charge on any atom is 0.252 e. The summed E-state index contributed by atoms with van der Waals surface area (Å²) in [5, 5.41) is 8.08. The van der Waals surface area contributed by atoms with Crippen LogP contribution in [0.25, 0.3) is 22.3 Å². The van der Waals surface area contributed by atoms with E-state index < -0.39 is 0 Å². The van der Waals surface area contributed by atoms with Crippen molar-refractivity contribution in [3.63, 3.8) is 0 Å². The van der Waals surface area contributed by atoms with Crippen molar-refractivity contribution in [2.24, 2.45) is 0 Å². The number of hydrogen-bond acceptors (Lipinski definition) is 6. The van der Waals surface area contributed by atoms with Crippen LogP contribution in [0.1, 0.15) is 12.8 Å². The van der Waals surface area contributed by atoms with Gasteiger partial charge in [-0.05, 0) is 19.1 Å². The van der Waals surface area contributed by atoms with E-state index in [9.17, 15) is 0 Å². The highest BCUT2D eigenvalue weighted by atomic mass is 16.5. The van der Waals surface area contributed by atoms with Gasteiger partial charge in [0.15, 0.2) is 0 Å². The van der Waals surface area contributed by atoms with E-state index in [0.717, 1.165) is 22.3 Å². The summed E-state index contributed by atoms with van der Waals surface area (Å²) in [7, 11) is 1.83. The van der Waals surface area contributed by atoms with Crippen molar-refractivity contribution in [2.45, 2.75) is 13.5 Å². The van der Waals surface area contributed by atoms with Crippen LogP contribution >= 0.6 is 0 Å². The zero-order valence-electron chi connectivity index (χ0n) is 12.0. The minimum Gasteiger partial charge on any atom is -0.373 e. The Morgan fingerprint density at radius 3 is 2.90 bits per heavy atom. The summed E-state index contributed by atoms with van der Waals surface area (Å²) in [6.07, 6.45) is 0. The lowest BCUT2D eigenvalue weighted by molar-refractivity contribution is 0.109. The second-order valence-electron chi connectivity index (χ2n) is 4.47. The minimum absolute atomic E-state index is 0.325. The fraction of sp³-hybridized carbons (Fsp3) is 0.267. The molecule has 0 saturated carbocycles. The maximum atomic E-state index is 5.28. The molecule has 1 N–H and O–H groups in total. The number of pyridine rings is 1. The van der Waals surface area contributed by atoms with Crippen LogP contribution in [-0.4, -0.2) is 28.8 Å². The Balaban J connectivity index is 2.08. The Hall–Kier alpha value is -2.47. The van der Waals surface area contributed by atoms with E-state index in [1.165, 1.54) is 0 Å². The standard InChI is InChI=1S/C15H16N4O2/c1-3-20-9-14-18-15(19-21-14)11-8-13(16-2)17-12-7-5-4-6-10(11)12/h4-8H,3,9H2,1-2H3,(H,16,17). The van der Waals surface area contributed by atoms with Crippen LogP contribution in [0.4, 0.5) is 5.82 Å². The summed E-state index contributed by atoms with van der Waals surface area (Å²) in [4.78, 5) is 8.90. The molecule has 0 bridgehead atoms. The number of hydrogen-bond donors (Lipinski definition) is 1. The molecule has 0 aliphatic heterocycles. The van der Waals surface area contributed by atoms with Crippen molar-refractivity contribution >= 4 is 16.7 Å². The zero-order chi connectivity index (χ0) is 14.7. The molecule has 0 aliphatic rings. The molecule has 0 aliphatic carbocycles. The monoisotopic (exact) mass is 284 g/mol. The third-order valence-electron chi connectivity index (χ3n) is 3.11. The highest BCUT2D eigenvalue weighted by Gasteiger charge is 2.13. The number of para-hydroxylation sites is 1. The van der Waals surface area contributed by atoms with E-state index in [1.54, 1.807) is 0 Å². The molecule has 21 heavy (non-hydrogen) atoms. The summed E-state index contributed by atoms with van der Waals surface area (Å²) < 4.78 is 10.5. The Morgan fingerprint density at radius 2 is 2.10 bits per heavy atom. The van der Waals surface area contributed by atoms with Gasteiger partial charge >= 0.3 is 0 Å². The van der Waals surface area contributed by atoms with Gasteiger partial charge in [-0.3, -0.25) is 0 Å². The molecule has 0 unspecified atom stereocenters. The van der Waals surface area contributed by atoms with Crippen molar-refractivity contribution in [1.29, 1.82) is 0 Å². The van der Waals surface area contributed by atoms with Crippen molar-refractivity contribution < 1.29 is 9.26 Å². The first-order valence-corrected chi connectivity index (χ1v) is 6.80. The molecule has 6 heteroatoms. The molecule has 1 aromatic carbocycles. The molecule has 3 rings (SSSR count). The molecule has 0 fully saturated rings. The van der Waals surface area contributed by atoms with Crippen molar-refractivity contribution in [1.82, 2.24) is 15.1 Å². The zero-order valence-corrected chi connectivity index (χ0v) is 12.0. The number of rotatable bonds is 5. The average Bonchev–Trinajstić information content (AvgIpc) is 3.00. The highest BCUT2D eigenvalue weighted by molar-refractivity contribution is 5.94. The predicted octanol–water partition coefficient (Wildman–Crippen LogP) is 2.86. The molecular weight excluding hydrogens is 268 g/mol. The van der Waals surface area contributed by atoms with Gasteiger partial charge in [0.25, 0.3) is 5.89 Å². The van der Waals surface area contributed by atoms with Crippen molar-refractivity contribution in [3.05, 3.63) is 36.2 Å².